The largest absolute Gasteiger partial charge is 0.466 e. The number of esters is 1. The van der Waals surface area contributed by atoms with E-state index in [1.807, 2.05) is 6.92 Å². The van der Waals surface area contributed by atoms with Gasteiger partial charge in [-0.1, -0.05) is 19.3 Å². The van der Waals surface area contributed by atoms with Gasteiger partial charge in [0, 0.05) is 12.6 Å². The predicted molar refractivity (Wildman–Crippen MR) is 75.9 cm³/mol. The number of unbranched alkanes of at least 4 members (excludes halogenated alkanes) is 3. The maximum atomic E-state index is 11.7. The first-order valence-electron chi connectivity index (χ1n) is 7.78. The molecule has 0 spiro atoms. The van der Waals surface area contributed by atoms with Gasteiger partial charge in [0.1, 0.15) is 0 Å². The van der Waals surface area contributed by atoms with Crippen molar-refractivity contribution in [3.63, 3.8) is 0 Å². The summed E-state index contributed by atoms with van der Waals surface area (Å²) in [5.41, 5.74) is 0. The van der Waals surface area contributed by atoms with Gasteiger partial charge in [0.25, 0.3) is 0 Å². The van der Waals surface area contributed by atoms with E-state index in [0.717, 1.165) is 45.1 Å². The van der Waals surface area contributed by atoms with Crippen LogP contribution < -0.4 is 5.32 Å². The Morgan fingerprint density at radius 1 is 1.26 bits per heavy atom. The minimum atomic E-state index is -0.0167. The fourth-order valence-corrected chi connectivity index (χ4v) is 2.75. The molecule has 1 rings (SSSR count). The predicted octanol–water partition coefficient (Wildman–Crippen LogP) is 2.25. The summed E-state index contributed by atoms with van der Waals surface area (Å²) in [6.07, 6.45) is 8.53. The van der Waals surface area contributed by atoms with Crippen LogP contribution in [0.15, 0.2) is 0 Å². The highest BCUT2D eigenvalue weighted by molar-refractivity contribution is 5.72. The summed E-state index contributed by atoms with van der Waals surface area (Å²) in [5.74, 6) is 0.0811. The lowest BCUT2D eigenvalue weighted by atomic mass is 9.85. The molecule has 2 unspecified atom stereocenters. The van der Waals surface area contributed by atoms with Gasteiger partial charge in [-0.3, -0.25) is 4.79 Å². The highest BCUT2D eigenvalue weighted by Gasteiger charge is 2.27. The van der Waals surface area contributed by atoms with Gasteiger partial charge in [-0.2, -0.15) is 0 Å². The molecule has 0 amide bonds. The first-order chi connectivity index (χ1) is 9.27. The minimum absolute atomic E-state index is 0.0167. The van der Waals surface area contributed by atoms with Crippen LogP contribution in [0.4, 0.5) is 0 Å². The molecule has 4 nitrogen and oxygen atoms in total. The van der Waals surface area contributed by atoms with E-state index in [2.05, 4.69) is 5.32 Å². The van der Waals surface area contributed by atoms with Gasteiger partial charge in [-0.15, -0.1) is 0 Å². The summed E-state index contributed by atoms with van der Waals surface area (Å²) in [5, 5.41) is 12.2. The SMILES string of the molecule is CCOC(=O)C1CCCC(NCCCCCCO)C1. The number of aliphatic hydroxyl groups is 1. The monoisotopic (exact) mass is 271 g/mol. The van der Waals surface area contributed by atoms with Crippen molar-refractivity contribution in [2.45, 2.75) is 64.3 Å². The number of carbonyl (C=O) groups is 1. The van der Waals surface area contributed by atoms with Crippen molar-refractivity contribution in [2.75, 3.05) is 19.8 Å². The molecule has 0 aromatic carbocycles. The second-order valence-electron chi connectivity index (χ2n) is 5.40. The summed E-state index contributed by atoms with van der Waals surface area (Å²) >= 11 is 0. The molecule has 2 N–H and O–H groups in total. The number of hydrogen-bond acceptors (Lipinski definition) is 4. The average molecular weight is 271 g/mol. The molecule has 0 radical (unpaired) electrons. The standard InChI is InChI=1S/C15H29NO3/c1-2-19-15(18)13-8-7-9-14(12-13)16-10-5-3-4-6-11-17/h13-14,16-17H,2-12H2,1H3. The lowest BCUT2D eigenvalue weighted by molar-refractivity contribution is -0.149. The summed E-state index contributed by atoms with van der Waals surface area (Å²) in [6, 6.07) is 0.473. The molecule has 0 aromatic rings. The number of hydrogen-bond donors (Lipinski definition) is 2. The van der Waals surface area contributed by atoms with E-state index in [1.54, 1.807) is 0 Å². The van der Waals surface area contributed by atoms with Crippen molar-refractivity contribution in [3.05, 3.63) is 0 Å². The Kier molecular flexibility index (Phi) is 8.84. The van der Waals surface area contributed by atoms with Crippen molar-refractivity contribution < 1.29 is 14.6 Å². The zero-order chi connectivity index (χ0) is 13.9. The Balaban J connectivity index is 2.11. The second kappa shape index (κ2) is 10.2. The normalized spacial score (nSPS) is 23.3. The van der Waals surface area contributed by atoms with Gasteiger partial charge in [0.2, 0.25) is 0 Å². The average Bonchev–Trinajstić information content (AvgIpc) is 2.43. The fourth-order valence-electron chi connectivity index (χ4n) is 2.75. The maximum absolute atomic E-state index is 11.7. The molecule has 1 aliphatic rings. The molecular weight excluding hydrogens is 242 g/mol. The number of carbonyl (C=O) groups excluding carboxylic acids is 1. The lowest BCUT2D eigenvalue weighted by Crippen LogP contribution is -2.37. The van der Waals surface area contributed by atoms with Crippen molar-refractivity contribution in [1.82, 2.24) is 5.32 Å². The van der Waals surface area contributed by atoms with Crippen molar-refractivity contribution in [3.8, 4) is 0 Å². The summed E-state index contributed by atoms with van der Waals surface area (Å²) in [6.45, 7) is 3.67. The molecule has 112 valence electrons. The highest BCUT2D eigenvalue weighted by atomic mass is 16.5. The van der Waals surface area contributed by atoms with Crippen LogP contribution in [0.25, 0.3) is 0 Å². The first-order valence-corrected chi connectivity index (χ1v) is 7.78. The summed E-state index contributed by atoms with van der Waals surface area (Å²) in [7, 11) is 0. The van der Waals surface area contributed by atoms with Crippen LogP contribution in [-0.4, -0.2) is 36.9 Å². The zero-order valence-corrected chi connectivity index (χ0v) is 12.2. The van der Waals surface area contributed by atoms with Gasteiger partial charge in [-0.05, 0) is 45.6 Å². The van der Waals surface area contributed by atoms with Crippen LogP contribution in [0.3, 0.4) is 0 Å². The van der Waals surface area contributed by atoms with E-state index < -0.39 is 0 Å². The molecule has 1 aliphatic carbocycles. The molecule has 0 aromatic heterocycles. The molecule has 0 bridgehead atoms. The van der Waals surface area contributed by atoms with Crippen molar-refractivity contribution in [2.24, 2.45) is 5.92 Å². The minimum Gasteiger partial charge on any atom is -0.466 e. The van der Waals surface area contributed by atoms with Crippen LogP contribution >= 0.6 is 0 Å². The Hall–Kier alpha value is -0.610. The van der Waals surface area contributed by atoms with Crippen LogP contribution in [0.5, 0.6) is 0 Å². The number of aliphatic hydroxyl groups excluding tert-OH is 1. The van der Waals surface area contributed by atoms with E-state index in [4.69, 9.17) is 9.84 Å². The van der Waals surface area contributed by atoms with Gasteiger partial charge < -0.3 is 15.2 Å². The lowest BCUT2D eigenvalue weighted by Gasteiger charge is -2.28. The molecule has 2 atom stereocenters. The number of ether oxygens (including phenoxy) is 1. The van der Waals surface area contributed by atoms with E-state index in [9.17, 15) is 4.79 Å². The van der Waals surface area contributed by atoms with E-state index in [1.165, 1.54) is 12.8 Å². The summed E-state index contributed by atoms with van der Waals surface area (Å²) in [4.78, 5) is 11.7. The molecule has 4 heteroatoms. The Morgan fingerprint density at radius 2 is 2.05 bits per heavy atom. The third kappa shape index (κ3) is 6.92. The van der Waals surface area contributed by atoms with Crippen LogP contribution in [0.2, 0.25) is 0 Å². The van der Waals surface area contributed by atoms with Crippen LogP contribution in [0.1, 0.15) is 58.3 Å². The molecule has 1 saturated carbocycles. The second-order valence-corrected chi connectivity index (χ2v) is 5.40. The van der Waals surface area contributed by atoms with E-state index >= 15 is 0 Å². The molecule has 19 heavy (non-hydrogen) atoms. The highest BCUT2D eigenvalue weighted by Crippen LogP contribution is 2.25. The maximum Gasteiger partial charge on any atom is 0.308 e. The fraction of sp³-hybridized carbons (Fsp3) is 0.933. The third-order valence-corrected chi connectivity index (χ3v) is 3.81. The Labute approximate surface area is 116 Å². The van der Waals surface area contributed by atoms with Gasteiger partial charge in [-0.25, -0.2) is 0 Å². The van der Waals surface area contributed by atoms with Crippen molar-refractivity contribution in [1.29, 1.82) is 0 Å². The molecular formula is C15H29NO3. The van der Waals surface area contributed by atoms with Gasteiger partial charge in [0.05, 0.1) is 12.5 Å². The zero-order valence-electron chi connectivity index (χ0n) is 12.2. The number of nitrogens with one attached hydrogen (secondary N) is 1. The van der Waals surface area contributed by atoms with Gasteiger partial charge in [0.15, 0.2) is 0 Å². The molecule has 0 heterocycles. The van der Waals surface area contributed by atoms with Crippen LogP contribution in [-0.2, 0) is 9.53 Å². The summed E-state index contributed by atoms with van der Waals surface area (Å²) < 4.78 is 5.11. The Bertz CT molecular complexity index is 246. The first kappa shape index (κ1) is 16.4. The third-order valence-electron chi connectivity index (χ3n) is 3.81. The number of rotatable bonds is 9. The molecule has 0 aliphatic heterocycles. The van der Waals surface area contributed by atoms with E-state index in [0.29, 0.717) is 19.3 Å². The van der Waals surface area contributed by atoms with Crippen molar-refractivity contribution >= 4 is 5.97 Å². The van der Waals surface area contributed by atoms with Gasteiger partial charge >= 0.3 is 5.97 Å². The topological polar surface area (TPSA) is 58.6 Å². The molecule has 0 saturated heterocycles. The van der Waals surface area contributed by atoms with E-state index in [-0.39, 0.29) is 11.9 Å². The Morgan fingerprint density at radius 3 is 2.79 bits per heavy atom. The molecule has 1 fully saturated rings. The smallest absolute Gasteiger partial charge is 0.308 e. The quantitative estimate of drug-likeness (QED) is 0.499. The van der Waals surface area contributed by atoms with Crippen LogP contribution in [0, 0.1) is 5.92 Å².